The van der Waals surface area contributed by atoms with Crippen LogP contribution in [0.4, 0.5) is 5.69 Å². The first kappa shape index (κ1) is 22.0. The van der Waals surface area contributed by atoms with Crippen LogP contribution in [0.2, 0.25) is 0 Å². The van der Waals surface area contributed by atoms with Crippen LogP contribution in [0.5, 0.6) is 11.5 Å². The van der Waals surface area contributed by atoms with Crippen LogP contribution in [-0.4, -0.2) is 32.8 Å². The first-order chi connectivity index (χ1) is 15.7. The maximum absolute atomic E-state index is 13.2. The maximum atomic E-state index is 13.2. The molecule has 0 aliphatic carbocycles. The second-order valence-electron chi connectivity index (χ2n) is 7.78. The number of carbonyl (C=O) groups excluding carboxylic acids is 1. The minimum Gasteiger partial charge on any atom is -0.496 e. The molecule has 0 spiro atoms. The highest BCUT2D eigenvalue weighted by molar-refractivity contribution is 6.04. The van der Waals surface area contributed by atoms with Crippen molar-refractivity contribution >= 4 is 22.7 Å². The number of hydrogen-bond donors (Lipinski definition) is 0. The van der Waals surface area contributed by atoms with Crippen molar-refractivity contribution in [3.05, 3.63) is 63.7 Å². The number of nitro groups is 1. The number of aromatic nitrogens is 3. The Morgan fingerprint density at radius 3 is 2.58 bits per heavy atom. The van der Waals surface area contributed by atoms with Crippen LogP contribution in [0, 0.1) is 24.0 Å². The number of aryl methyl sites for hydroxylation is 2. The van der Waals surface area contributed by atoms with E-state index in [0.29, 0.717) is 28.2 Å². The SMILES string of the molecule is COc1ccc(OC(=O)c2cc(-c3cc(C)oc3C)nc3c2cnn3C(C)C)c([N+](=O)[O-])c1. The summed E-state index contributed by atoms with van der Waals surface area (Å²) in [6.45, 7) is 7.54. The van der Waals surface area contributed by atoms with Gasteiger partial charge in [0, 0.05) is 11.6 Å². The van der Waals surface area contributed by atoms with Gasteiger partial charge in [-0.1, -0.05) is 0 Å². The molecule has 0 aliphatic rings. The van der Waals surface area contributed by atoms with Crippen LogP contribution in [0.1, 0.15) is 41.8 Å². The fourth-order valence-corrected chi connectivity index (χ4v) is 3.60. The van der Waals surface area contributed by atoms with Crippen LogP contribution in [0.15, 0.2) is 40.9 Å². The fraction of sp³-hybridized carbons (Fsp3) is 0.261. The summed E-state index contributed by atoms with van der Waals surface area (Å²) in [5, 5.41) is 16.4. The molecule has 0 bridgehead atoms. The summed E-state index contributed by atoms with van der Waals surface area (Å²) in [7, 11) is 1.39. The average Bonchev–Trinajstić information content (AvgIpc) is 3.35. The summed E-state index contributed by atoms with van der Waals surface area (Å²) < 4.78 is 17.8. The molecule has 0 N–H and O–H groups in total. The predicted octanol–water partition coefficient (Wildman–Crippen LogP) is 5.03. The molecule has 170 valence electrons. The molecule has 0 amide bonds. The van der Waals surface area contributed by atoms with Gasteiger partial charge in [-0.25, -0.2) is 14.5 Å². The molecule has 3 heterocycles. The number of carbonyl (C=O) groups is 1. The van der Waals surface area contributed by atoms with Crippen molar-refractivity contribution in [3.63, 3.8) is 0 Å². The van der Waals surface area contributed by atoms with Gasteiger partial charge in [-0.15, -0.1) is 0 Å². The second kappa shape index (κ2) is 8.38. The van der Waals surface area contributed by atoms with Gasteiger partial charge in [-0.05, 0) is 52.0 Å². The Balaban J connectivity index is 1.86. The summed E-state index contributed by atoms with van der Waals surface area (Å²) in [6.07, 6.45) is 1.54. The van der Waals surface area contributed by atoms with Crippen molar-refractivity contribution in [3.8, 4) is 22.8 Å². The van der Waals surface area contributed by atoms with Crippen LogP contribution < -0.4 is 9.47 Å². The Hall–Kier alpha value is -4.21. The molecule has 10 nitrogen and oxygen atoms in total. The number of nitro benzene ring substituents is 1. The first-order valence-electron chi connectivity index (χ1n) is 10.2. The number of methoxy groups -OCH3 is 1. The van der Waals surface area contributed by atoms with Gasteiger partial charge in [0.05, 0.1) is 40.9 Å². The van der Waals surface area contributed by atoms with E-state index in [-0.39, 0.29) is 28.8 Å². The Morgan fingerprint density at radius 1 is 1.21 bits per heavy atom. The molecule has 0 atom stereocenters. The van der Waals surface area contributed by atoms with E-state index in [1.807, 2.05) is 33.8 Å². The van der Waals surface area contributed by atoms with Gasteiger partial charge < -0.3 is 13.9 Å². The van der Waals surface area contributed by atoms with Crippen molar-refractivity contribution in [2.45, 2.75) is 33.7 Å². The lowest BCUT2D eigenvalue weighted by atomic mass is 10.1. The van der Waals surface area contributed by atoms with Crippen molar-refractivity contribution < 1.29 is 23.6 Å². The Morgan fingerprint density at radius 2 is 1.97 bits per heavy atom. The van der Waals surface area contributed by atoms with Crippen molar-refractivity contribution in [2.75, 3.05) is 7.11 Å². The maximum Gasteiger partial charge on any atom is 0.344 e. The van der Waals surface area contributed by atoms with Gasteiger partial charge in [-0.2, -0.15) is 5.10 Å². The molecule has 0 saturated carbocycles. The molecule has 10 heteroatoms. The number of rotatable bonds is 6. The molecular weight excluding hydrogens is 428 g/mol. The zero-order chi connectivity index (χ0) is 23.9. The molecular formula is C23H22N4O6. The Bertz CT molecular complexity index is 1390. The normalized spacial score (nSPS) is 11.2. The third-order valence-electron chi connectivity index (χ3n) is 5.16. The number of fused-ring (bicyclic) bond motifs is 1. The lowest BCUT2D eigenvalue weighted by Crippen LogP contribution is -2.12. The summed E-state index contributed by atoms with van der Waals surface area (Å²) in [4.78, 5) is 28.8. The van der Waals surface area contributed by atoms with Crippen molar-refractivity contribution in [2.24, 2.45) is 0 Å². The highest BCUT2D eigenvalue weighted by Crippen LogP contribution is 2.34. The van der Waals surface area contributed by atoms with Crippen LogP contribution in [0.25, 0.3) is 22.3 Å². The van der Waals surface area contributed by atoms with Crippen molar-refractivity contribution in [1.82, 2.24) is 14.8 Å². The molecule has 4 aromatic rings. The largest absolute Gasteiger partial charge is 0.496 e. The van der Waals surface area contributed by atoms with E-state index in [9.17, 15) is 14.9 Å². The fourth-order valence-electron chi connectivity index (χ4n) is 3.60. The number of nitrogens with zero attached hydrogens (tertiary/aromatic N) is 4. The molecule has 0 aliphatic heterocycles. The van der Waals surface area contributed by atoms with Gasteiger partial charge in [0.2, 0.25) is 5.75 Å². The van der Waals surface area contributed by atoms with E-state index in [2.05, 4.69) is 5.10 Å². The van der Waals surface area contributed by atoms with Gasteiger partial charge in [0.1, 0.15) is 17.3 Å². The van der Waals surface area contributed by atoms with E-state index in [4.69, 9.17) is 18.9 Å². The number of esters is 1. The highest BCUT2D eigenvalue weighted by Gasteiger charge is 2.24. The number of ether oxygens (including phenoxy) is 2. The van der Waals surface area contributed by atoms with Gasteiger partial charge >= 0.3 is 11.7 Å². The lowest BCUT2D eigenvalue weighted by Gasteiger charge is -2.11. The minimum atomic E-state index is -0.766. The van der Waals surface area contributed by atoms with Crippen LogP contribution in [0.3, 0.4) is 0 Å². The zero-order valence-corrected chi connectivity index (χ0v) is 18.8. The average molecular weight is 450 g/mol. The van der Waals surface area contributed by atoms with E-state index in [0.717, 1.165) is 5.56 Å². The summed E-state index contributed by atoms with van der Waals surface area (Å²) >= 11 is 0. The van der Waals surface area contributed by atoms with Gasteiger partial charge in [0.15, 0.2) is 5.65 Å². The first-order valence-corrected chi connectivity index (χ1v) is 10.2. The standard InChI is InChI=1S/C23H22N4O6/c1-12(2)26-22-18(11-24-26)17(10-19(25-22)16-8-13(3)32-14(16)4)23(28)33-21-7-6-15(31-5)9-20(21)27(29)30/h6-12H,1-5H3. The zero-order valence-electron chi connectivity index (χ0n) is 18.8. The number of pyridine rings is 1. The molecule has 0 saturated heterocycles. The van der Waals surface area contributed by atoms with E-state index < -0.39 is 10.9 Å². The van der Waals surface area contributed by atoms with E-state index in [1.165, 1.54) is 25.3 Å². The second-order valence-corrected chi connectivity index (χ2v) is 7.78. The predicted molar refractivity (Wildman–Crippen MR) is 120 cm³/mol. The Kier molecular flexibility index (Phi) is 5.59. The highest BCUT2D eigenvalue weighted by atomic mass is 16.6. The summed E-state index contributed by atoms with van der Waals surface area (Å²) in [5.74, 6) is 0.681. The smallest absolute Gasteiger partial charge is 0.344 e. The summed E-state index contributed by atoms with van der Waals surface area (Å²) in [6, 6.07) is 7.42. The molecule has 0 radical (unpaired) electrons. The molecule has 3 aromatic heterocycles. The molecule has 1 aromatic carbocycles. The minimum absolute atomic E-state index is 0.0102. The molecule has 0 fully saturated rings. The third kappa shape index (κ3) is 4.02. The van der Waals surface area contributed by atoms with Crippen LogP contribution in [-0.2, 0) is 0 Å². The topological polar surface area (TPSA) is 123 Å². The van der Waals surface area contributed by atoms with Gasteiger partial charge in [0.25, 0.3) is 0 Å². The van der Waals surface area contributed by atoms with Crippen molar-refractivity contribution in [1.29, 1.82) is 0 Å². The Labute approximate surface area is 188 Å². The molecule has 4 rings (SSSR count). The molecule has 33 heavy (non-hydrogen) atoms. The van der Waals surface area contributed by atoms with E-state index >= 15 is 0 Å². The third-order valence-corrected chi connectivity index (χ3v) is 5.16. The quantitative estimate of drug-likeness (QED) is 0.174. The van der Waals surface area contributed by atoms with Gasteiger partial charge in [-0.3, -0.25) is 10.1 Å². The summed E-state index contributed by atoms with van der Waals surface area (Å²) in [5.41, 5.74) is 1.54. The monoisotopic (exact) mass is 450 g/mol. The number of benzene rings is 1. The number of hydrogen-bond acceptors (Lipinski definition) is 8. The lowest BCUT2D eigenvalue weighted by molar-refractivity contribution is -0.385. The molecule has 0 unspecified atom stereocenters. The number of furan rings is 1. The van der Waals surface area contributed by atoms with Crippen LogP contribution >= 0.6 is 0 Å². The van der Waals surface area contributed by atoms with E-state index in [1.54, 1.807) is 16.9 Å².